The Bertz CT molecular complexity index is 505. The van der Waals surface area contributed by atoms with Gasteiger partial charge in [-0.05, 0) is 37.2 Å². The molecule has 2 aliphatic rings. The van der Waals surface area contributed by atoms with Gasteiger partial charge in [0.1, 0.15) is 0 Å². The van der Waals surface area contributed by atoms with E-state index in [0.717, 1.165) is 51.7 Å². The third kappa shape index (κ3) is 4.33. The first-order valence-corrected chi connectivity index (χ1v) is 8.96. The smallest absolute Gasteiger partial charge is 0.222 e. The molecule has 1 saturated carbocycles. The summed E-state index contributed by atoms with van der Waals surface area (Å²) in [6, 6.07) is 10.6. The van der Waals surface area contributed by atoms with Gasteiger partial charge in [0, 0.05) is 32.1 Å². The Labute approximate surface area is 138 Å². The van der Waals surface area contributed by atoms with Crippen LogP contribution in [-0.2, 0) is 11.2 Å². The summed E-state index contributed by atoms with van der Waals surface area (Å²) in [5, 5.41) is 13.3. The van der Waals surface area contributed by atoms with Crippen molar-refractivity contribution in [3.63, 3.8) is 0 Å². The molecule has 3 atom stereocenters. The monoisotopic (exact) mass is 316 g/mol. The molecule has 1 saturated heterocycles. The van der Waals surface area contributed by atoms with Crippen molar-refractivity contribution in [2.24, 2.45) is 5.92 Å². The average molecular weight is 316 g/mol. The van der Waals surface area contributed by atoms with Crippen molar-refractivity contribution in [1.82, 2.24) is 10.2 Å². The Morgan fingerprint density at radius 2 is 2.09 bits per heavy atom. The van der Waals surface area contributed by atoms with E-state index in [-0.39, 0.29) is 18.1 Å². The lowest BCUT2D eigenvalue weighted by Gasteiger charge is -2.37. The normalized spacial score (nSPS) is 28.0. The van der Waals surface area contributed by atoms with E-state index < -0.39 is 0 Å². The first kappa shape index (κ1) is 16.5. The first-order chi connectivity index (χ1) is 11.2. The molecule has 1 heterocycles. The molecule has 1 aliphatic carbocycles. The number of benzene rings is 1. The van der Waals surface area contributed by atoms with Crippen LogP contribution in [0.4, 0.5) is 0 Å². The van der Waals surface area contributed by atoms with Crippen LogP contribution >= 0.6 is 0 Å². The van der Waals surface area contributed by atoms with Crippen LogP contribution in [0.2, 0.25) is 0 Å². The highest BCUT2D eigenvalue weighted by atomic mass is 16.3. The lowest BCUT2D eigenvalue weighted by atomic mass is 9.98. The third-order valence-corrected chi connectivity index (χ3v) is 5.33. The number of carbonyl (C=O) groups excluding carboxylic acids is 1. The average Bonchev–Trinajstić information content (AvgIpc) is 2.99. The van der Waals surface area contributed by atoms with Crippen LogP contribution in [0.3, 0.4) is 0 Å². The van der Waals surface area contributed by atoms with Gasteiger partial charge in [-0.3, -0.25) is 4.79 Å². The summed E-state index contributed by atoms with van der Waals surface area (Å²) < 4.78 is 0. The molecule has 2 N–H and O–H groups in total. The summed E-state index contributed by atoms with van der Waals surface area (Å²) in [6.45, 7) is 2.54. The Kier molecular flexibility index (Phi) is 5.68. The van der Waals surface area contributed by atoms with E-state index in [0.29, 0.717) is 12.3 Å². The van der Waals surface area contributed by atoms with Gasteiger partial charge in [-0.25, -0.2) is 0 Å². The van der Waals surface area contributed by atoms with Crippen molar-refractivity contribution >= 4 is 5.91 Å². The van der Waals surface area contributed by atoms with Gasteiger partial charge >= 0.3 is 0 Å². The molecular formula is C19H28N2O2. The maximum Gasteiger partial charge on any atom is 0.222 e. The van der Waals surface area contributed by atoms with Crippen molar-refractivity contribution in [1.29, 1.82) is 0 Å². The maximum atomic E-state index is 12.7. The second kappa shape index (κ2) is 7.93. The Hall–Kier alpha value is -1.39. The number of hydrogen-bond donors (Lipinski definition) is 2. The van der Waals surface area contributed by atoms with Crippen LogP contribution in [0.5, 0.6) is 0 Å². The van der Waals surface area contributed by atoms with Gasteiger partial charge in [-0.15, -0.1) is 0 Å². The number of nitrogens with one attached hydrogen (secondary N) is 1. The van der Waals surface area contributed by atoms with Gasteiger partial charge in [-0.1, -0.05) is 36.8 Å². The van der Waals surface area contributed by atoms with Crippen molar-refractivity contribution in [2.75, 3.05) is 19.6 Å². The van der Waals surface area contributed by atoms with Crippen LogP contribution in [0.15, 0.2) is 30.3 Å². The fourth-order valence-corrected chi connectivity index (χ4v) is 3.96. The zero-order valence-corrected chi connectivity index (χ0v) is 13.8. The molecule has 0 aromatic heterocycles. The van der Waals surface area contributed by atoms with Crippen molar-refractivity contribution in [3.8, 4) is 0 Å². The SMILES string of the molecule is O=C(CCC1CCCC1O)N1CCNCC1Cc1ccccc1. The number of piperazine rings is 1. The molecule has 4 heteroatoms. The maximum absolute atomic E-state index is 12.7. The number of amides is 1. The van der Waals surface area contributed by atoms with Crippen molar-refractivity contribution in [3.05, 3.63) is 35.9 Å². The first-order valence-electron chi connectivity index (χ1n) is 8.96. The zero-order valence-electron chi connectivity index (χ0n) is 13.8. The van der Waals surface area contributed by atoms with E-state index in [1.54, 1.807) is 0 Å². The van der Waals surface area contributed by atoms with Crippen molar-refractivity contribution < 1.29 is 9.90 Å². The second-order valence-electron chi connectivity index (χ2n) is 6.93. The lowest BCUT2D eigenvalue weighted by molar-refractivity contribution is -0.134. The summed E-state index contributed by atoms with van der Waals surface area (Å²) in [7, 11) is 0. The second-order valence-corrected chi connectivity index (χ2v) is 6.93. The summed E-state index contributed by atoms with van der Waals surface area (Å²) in [4.78, 5) is 14.7. The summed E-state index contributed by atoms with van der Waals surface area (Å²) in [5.74, 6) is 0.584. The molecular weight excluding hydrogens is 288 g/mol. The lowest BCUT2D eigenvalue weighted by Crippen LogP contribution is -2.54. The highest BCUT2D eigenvalue weighted by Crippen LogP contribution is 2.29. The van der Waals surface area contributed by atoms with E-state index in [1.807, 2.05) is 6.07 Å². The summed E-state index contributed by atoms with van der Waals surface area (Å²) in [5.41, 5.74) is 1.28. The molecule has 1 aromatic carbocycles. The minimum atomic E-state index is -0.189. The predicted octanol–water partition coefficient (Wildman–Crippen LogP) is 1.97. The van der Waals surface area contributed by atoms with E-state index in [2.05, 4.69) is 34.5 Å². The minimum Gasteiger partial charge on any atom is -0.393 e. The van der Waals surface area contributed by atoms with Crippen LogP contribution in [0.1, 0.15) is 37.7 Å². The molecule has 4 nitrogen and oxygen atoms in total. The van der Waals surface area contributed by atoms with E-state index in [4.69, 9.17) is 0 Å². The van der Waals surface area contributed by atoms with Gasteiger partial charge in [0.2, 0.25) is 5.91 Å². The number of carbonyl (C=O) groups is 1. The zero-order chi connectivity index (χ0) is 16.1. The van der Waals surface area contributed by atoms with Gasteiger partial charge in [0.15, 0.2) is 0 Å². The fourth-order valence-electron chi connectivity index (χ4n) is 3.96. The number of nitrogens with zero attached hydrogens (tertiary/aromatic N) is 1. The number of aliphatic hydroxyl groups is 1. The van der Waals surface area contributed by atoms with Crippen molar-refractivity contribution in [2.45, 2.75) is 50.7 Å². The molecule has 1 aromatic rings. The highest BCUT2D eigenvalue weighted by Gasteiger charge is 2.29. The third-order valence-electron chi connectivity index (χ3n) is 5.33. The minimum absolute atomic E-state index is 0.189. The number of aliphatic hydroxyl groups excluding tert-OH is 1. The van der Waals surface area contributed by atoms with Gasteiger partial charge < -0.3 is 15.3 Å². The van der Waals surface area contributed by atoms with E-state index in [9.17, 15) is 9.90 Å². The molecule has 1 amide bonds. The topological polar surface area (TPSA) is 52.6 Å². The highest BCUT2D eigenvalue weighted by molar-refractivity contribution is 5.76. The van der Waals surface area contributed by atoms with Crippen LogP contribution in [0, 0.1) is 5.92 Å². The molecule has 1 aliphatic heterocycles. The van der Waals surface area contributed by atoms with Crippen LogP contribution in [-0.4, -0.2) is 47.7 Å². The number of rotatable bonds is 5. The van der Waals surface area contributed by atoms with Gasteiger partial charge in [-0.2, -0.15) is 0 Å². The fraction of sp³-hybridized carbons (Fsp3) is 0.632. The summed E-state index contributed by atoms with van der Waals surface area (Å²) in [6.07, 6.45) is 5.21. The molecule has 2 fully saturated rings. The quantitative estimate of drug-likeness (QED) is 0.873. The molecule has 3 unspecified atom stereocenters. The predicted molar refractivity (Wildman–Crippen MR) is 91.1 cm³/mol. The number of hydrogen-bond acceptors (Lipinski definition) is 3. The van der Waals surface area contributed by atoms with E-state index >= 15 is 0 Å². The summed E-state index contributed by atoms with van der Waals surface area (Å²) >= 11 is 0. The molecule has 0 spiro atoms. The Morgan fingerprint density at radius 3 is 2.83 bits per heavy atom. The molecule has 126 valence electrons. The molecule has 23 heavy (non-hydrogen) atoms. The standard InChI is InChI=1S/C19H28N2O2/c22-18-8-4-7-16(18)9-10-19(23)21-12-11-20-14-17(21)13-15-5-2-1-3-6-15/h1-3,5-6,16-18,20,22H,4,7-14H2. The molecule has 0 radical (unpaired) electrons. The molecule has 3 rings (SSSR count). The molecule has 0 bridgehead atoms. The van der Waals surface area contributed by atoms with Gasteiger partial charge in [0.25, 0.3) is 0 Å². The Balaban J connectivity index is 1.55. The van der Waals surface area contributed by atoms with Gasteiger partial charge in [0.05, 0.1) is 6.10 Å². The van der Waals surface area contributed by atoms with Crippen LogP contribution < -0.4 is 5.32 Å². The largest absolute Gasteiger partial charge is 0.393 e. The Morgan fingerprint density at radius 1 is 1.26 bits per heavy atom. The van der Waals surface area contributed by atoms with Crippen LogP contribution in [0.25, 0.3) is 0 Å². The van der Waals surface area contributed by atoms with E-state index in [1.165, 1.54) is 5.56 Å².